The van der Waals surface area contributed by atoms with Crippen molar-refractivity contribution in [1.29, 1.82) is 0 Å². The van der Waals surface area contributed by atoms with Gasteiger partial charge >= 0.3 is 0 Å². The third kappa shape index (κ3) is 3.41. The van der Waals surface area contributed by atoms with Gasteiger partial charge in [-0.3, -0.25) is 4.79 Å². The van der Waals surface area contributed by atoms with Crippen LogP contribution in [0.1, 0.15) is 44.2 Å². The summed E-state index contributed by atoms with van der Waals surface area (Å²) in [4.78, 5) is 12.4. The van der Waals surface area contributed by atoms with Crippen LogP contribution in [0.5, 0.6) is 5.75 Å². The Hall–Kier alpha value is -1.77. The van der Waals surface area contributed by atoms with Gasteiger partial charge < -0.3 is 10.1 Å². The van der Waals surface area contributed by atoms with Gasteiger partial charge in [0.2, 0.25) is 5.91 Å². The molecule has 0 saturated carbocycles. The highest BCUT2D eigenvalue weighted by Crippen LogP contribution is 2.28. The Bertz CT molecular complexity index is 482. The van der Waals surface area contributed by atoms with E-state index in [0.29, 0.717) is 0 Å². The number of carbonyl (C=O) groups excluding carboxylic acids is 1. The smallest absolute Gasteiger partial charge is 0.223 e. The molecule has 0 aliphatic heterocycles. The molecular formula is C17H23NO2. The molecule has 1 N–H and O–H groups in total. The van der Waals surface area contributed by atoms with Crippen LogP contribution in [0, 0.1) is 5.92 Å². The number of hydrogen-bond donors (Lipinski definition) is 1. The van der Waals surface area contributed by atoms with Crippen LogP contribution in [-0.2, 0) is 4.79 Å². The first-order valence-electron chi connectivity index (χ1n) is 7.34. The van der Waals surface area contributed by atoms with Crippen molar-refractivity contribution in [3.8, 4) is 5.75 Å². The molecule has 2 atom stereocenters. The van der Waals surface area contributed by atoms with Gasteiger partial charge in [0.15, 0.2) is 0 Å². The highest BCUT2D eigenvalue weighted by Gasteiger charge is 2.22. The molecule has 1 aliphatic rings. The minimum Gasteiger partial charge on any atom is -0.496 e. The average molecular weight is 273 g/mol. The van der Waals surface area contributed by atoms with Crippen LogP contribution in [0.3, 0.4) is 0 Å². The maximum atomic E-state index is 12.4. The Kier molecular flexibility index (Phi) is 5.22. The zero-order valence-electron chi connectivity index (χ0n) is 12.3. The molecule has 0 saturated heterocycles. The van der Waals surface area contributed by atoms with E-state index < -0.39 is 0 Å². The van der Waals surface area contributed by atoms with Crippen molar-refractivity contribution in [2.75, 3.05) is 7.11 Å². The zero-order valence-corrected chi connectivity index (χ0v) is 12.3. The van der Waals surface area contributed by atoms with Gasteiger partial charge in [-0.25, -0.2) is 0 Å². The Morgan fingerprint density at radius 2 is 2.20 bits per heavy atom. The predicted octanol–water partition coefficient (Wildman–Crippen LogP) is 3.62. The Balaban J connectivity index is 2.08. The van der Waals surface area contributed by atoms with E-state index in [-0.39, 0.29) is 17.9 Å². The largest absolute Gasteiger partial charge is 0.496 e. The lowest BCUT2D eigenvalue weighted by atomic mass is 9.92. The Morgan fingerprint density at radius 3 is 2.85 bits per heavy atom. The van der Waals surface area contributed by atoms with Gasteiger partial charge in [0.05, 0.1) is 13.2 Å². The minimum atomic E-state index is 0.0181. The lowest BCUT2D eigenvalue weighted by Crippen LogP contribution is -2.34. The molecule has 0 aromatic heterocycles. The normalized spacial score (nSPS) is 19.4. The molecule has 1 aliphatic carbocycles. The average Bonchev–Trinajstić information content (AvgIpc) is 2.53. The van der Waals surface area contributed by atoms with Crippen LogP contribution in [0.4, 0.5) is 0 Å². The molecule has 3 heteroatoms. The second-order valence-corrected chi connectivity index (χ2v) is 5.19. The summed E-state index contributed by atoms with van der Waals surface area (Å²) < 4.78 is 5.39. The fourth-order valence-electron chi connectivity index (χ4n) is 2.68. The fourth-order valence-corrected chi connectivity index (χ4v) is 2.68. The standard InChI is InChI=1S/C17H23NO2/c1-3-15(14-11-7-8-12-16(14)20-2)18-17(19)13-9-5-4-6-10-13/h4-5,7-8,11-13,15H,3,6,9-10H2,1-2H3,(H,18,19)/t13-,15-/m0/s1. The van der Waals surface area contributed by atoms with Crippen LogP contribution in [0.2, 0.25) is 0 Å². The van der Waals surface area contributed by atoms with Gasteiger partial charge in [-0.1, -0.05) is 37.3 Å². The molecule has 0 fully saturated rings. The van der Waals surface area contributed by atoms with E-state index in [2.05, 4.69) is 24.4 Å². The lowest BCUT2D eigenvalue weighted by molar-refractivity contribution is -0.126. The van der Waals surface area contributed by atoms with Gasteiger partial charge in [0.25, 0.3) is 0 Å². The van der Waals surface area contributed by atoms with Crippen molar-refractivity contribution >= 4 is 5.91 Å². The molecule has 108 valence electrons. The van der Waals surface area contributed by atoms with E-state index in [9.17, 15) is 4.79 Å². The van der Waals surface area contributed by atoms with Gasteiger partial charge in [0, 0.05) is 11.5 Å². The number of hydrogen-bond acceptors (Lipinski definition) is 2. The summed E-state index contributed by atoms with van der Waals surface area (Å²) in [6.45, 7) is 2.08. The van der Waals surface area contributed by atoms with Crippen molar-refractivity contribution in [2.24, 2.45) is 5.92 Å². The first-order chi connectivity index (χ1) is 9.76. The van der Waals surface area contributed by atoms with Crippen molar-refractivity contribution in [3.05, 3.63) is 42.0 Å². The van der Waals surface area contributed by atoms with Crippen LogP contribution < -0.4 is 10.1 Å². The van der Waals surface area contributed by atoms with E-state index in [4.69, 9.17) is 4.74 Å². The van der Waals surface area contributed by atoms with E-state index in [1.807, 2.05) is 24.3 Å². The summed E-state index contributed by atoms with van der Waals surface area (Å²) in [6, 6.07) is 7.91. The Morgan fingerprint density at radius 1 is 1.40 bits per heavy atom. The molecule has 1 amide bonds. The molecule has 0 heterocycles. The molecule has 0 spiro atoms. The number of carbonyl (C=O) groups is 1. The van der Waals surface area contributed by atoms with E-state index in [1.165, 1.54) is 0 Å². The third-order valence-corrected chi connectivity index (χ3v) is 3.88. The van der Waals surface area contributed by atoms with Crippen molar-refractivity contribution in [1.82, 2.24) is 5.32 Å². The molecule has 20 heavy (non-hydrogen) atoms. The highest BCUT2D eigenvalue weighted by molar-refractivity contribution is 5.79. The topological polar surface area (TPSA) is 38.3 Å². The number of benzene rings is 1. The second kappa shape index (κ2) is 7.13. The van der Waals surface area contributed by atoms with Gasteiger partial charge in [0.1, 0.15) is 5.75 Å². The van der Waals surface area contributed by atoms with Crippen LogP contribution in [-0.4, -0.2) is 13.0 Å². The first kappa shape index (κ1) is 14.6. The van der Waals surface area contributed by atoms with Crippen LogP contribution in [0.25, 0.3) is 0 Å². The lowest BCUT2D eigenvalue weighted by Gasteiger charge is -2.24. The van der Waals surface area contributed by atoms with Gasteiger partial charge in [-0.2, -0.15) is 0 Å². The molecule has 1 aromatic rings. The number of rotatable bonds is 5. The number of methoxy groups -OCH3 is 1. The summed E-state index contributed by atoms with van der Waals surface area (Å²) in [7, 11) is 1.67. The van der Waals surface area contributed by atoms with Gasteiger partial charge in [-0.15, -0.1) is 0 Å². The van der Waals surface area contributed by atoms with Gasteiger partial charge in [-0.05, 0) is 31.7 Å². The molecule has 2 rings (SSSR count). The van der Waals surface area contributed by atoms with Crippen LogP contribution >= 0.6 is 0 Å². The van der Waals surface area contributed by atoms with Crippen molar-refractivity contribution in [2.45, 2.75) is 38.6 Å². The number of amides is 1. The molecule has 0 bridgehead atoms. The third-order valence-electron chi connectivity index (χ3n) is 3.88. The zero-order chi connectivity index (χ0) is 14.4. The maximum Gasteiger partial charge on any atom is 0.223 e. The van der Waals surface area contributed by atoms with E-state index in [1.54, 1.807) is 7.11 Å². The molecule has 0 radical (unpaired) electrons. The Labute approximate surface area is 121 Å². The van der Waals surface area contributed by atoms with Crippen LogP contribution in [0.15, 0.2) is 36.4 Å². The molecular weight excluding hydrogens is 250 g/mol. The summed E-state index contributed by atoms with van der Waals surface area (Å²) in [6.07, 6.45) is 7.93. The molecule has 0 unspecified atom stereocenters. The number of para-hydroxylation sites is 1. The maximum absolute atomic E-state index is 12.4. The van der Waals surface area contributed by atoms with Crippen molar-refractivity contribution in [3.63, 3.8) is 0 Å². The number of ether oxygens (including phenoxy) is 1. The highest BCUT2D eigenvalue weighted by atomic mass is 16.5. The SMILES string of the molecule is CC[C@H](NC(=O)[C@H]1CC=CCC1)c1ccccc1OC. The second-order valence-electron chi connectivity index (χ2n) is 5.19. The predicted molar refractivity (Wildman–Crippen MR) is 80.6 cm³/mol. The summed E-state index contributed by atoms with van der Waals surface area (Å²) in [5, 5.41) is 3.17. The quantitative estimate of drug-likeness (QED) is 0.832. The number of nitrogens with one attached hydrogen (secondary N) is 1. The summed E-state index contributed by atoms with van der Waals surface area (Å²) in [5.41, 5.74) is 1.05. The summed E-state index contributed by atoms with van der Waals surface area (Å²) >= 11 is 0. The van der Waals surface area contributed by atoms with E-state index in [0.717, 1.165) is 37.0 Å². The molecule has 3 nitrogen and oxygen atoms in total. The van der Waals surface area contributed by atoms with Crippen molar-refractivity contribution < 1.29 is 9.53 Å². The monoisotopic (exact) mass is 273 g/mol. The fraction of sp³-hybridized carbons (Fsp3) is 0.471. The summed E-state index contributed by atoms with van der Waals surface area (Å²) in [5.74, 6) is 1.11. The number of allylic oxidation sites excluding steroid dienone is 2. The van der Waals surface area contributed by atoms with E-state index >= 15 is 0 Å². The minimum absolute atomic E-state index is 0.0181. The first-order valence-corrected chi connectivity index (χ1v) is 7.34. The molecule has 1 aromatic carbocycles.